The highest BCUT2D eigenvalue weighted by Crippen LogP contribution is 2.35. The Balaban J connectivity index is 2.49. The number of rotatable bonds is 2. The van der Waals surface area contributed by atoms with Crippen molar-refractivity contribution in [2.45, 2.75) is 24.0 Å². The predicted octanol–water partition coefficient (Wildman–Crippen LogP) is -3.20. The van der Waals surface area contributed by atoms with Gasteiger partial charge in [-0.15, -0.1) is 6.42 Å². The summed E-state index contributed by atoms with van der Waals surface area (Å²) in [6, 6.07) is 0. The van der Waals surface area contributed by atoms with Crippen molar-refractivity contribution in [2.75, 3.05) is 12.3 Å². The van der Waals surface area contributed by atoms with Gasteiger partial charge in [-0.3, -0.25) is 4.57 Å². The zero-order valence-corrected chi connectivity index (χ0v) is 9.80. The molecule has 0 saturated carbocycles. The molecule has 1 aromatic rings. The van der Waals surface area contributed by atoms with Gasteiger partial charge >= 0.3 is 5.69 Å². The van der Waals surface area contributed by atoms with Crippen LogP contribution in [0.25, 0.3) is 0 Å². The summed E-state index contributed by atoms with van der Waals surface area (Å²) in [5.41, 5.74) is 8.70. The lowest BCUT2D eigenvalue weighted by atomic mass is 9.92. The summed E-state index contributed by atoms with van der Waals surface area (Å²) in [4.78, 5) is 18.8. The molecule has 1 fully saturated rings. The standard InChI is InChI=1S/C10H13N5O4/c1-2-10(12)6(17)5(3-16)19-7(10)15-4-13-8(11)14-9(15)18/h1,4-7,16-17H,3,12H2,(H2,11,14,18)/t5-,6?,7-,10?/m1/s1. The van der Waals surface area contributed by atoms with Gasteiger partial charge in [0.2, 0.25) is 5.95 Å². The van der Waals surface area contributed by atoms with Crippen molar-refractivity contribution in [2.24, 2.45) is 5.73 Å². The number of hydrogen-bond donors (Lipinski definition) is 4. The Morgan fingerprint density at radius 1 is 1.68 bits per heavy atom. The first kappa shape index (κ1) is 13.4. The number of nitrogens with zero attached hydrogens (tertiary/aromatic N) is 3. The summed E-state index contributed by atoms with van der Waals surface area (Å²) < 4.78 is 6.24. The normalized spacial score (nSPS) is 34.1. The molecule has 9 nitrogen and oxygen atoms in total. The van der Waals surface area contributed by atoms with Crippen LogP contribution in [-0.2, 0) is 4.74 Å². The molecule has 2 rings (SSSR count). The van der Waals surface area contributed by atoms with E-state index < -0.39 is 36.3 Å². The molecule has 0 spiro atoms. The average molecular weight is 267 g/mol. The fourth-order valence-electron chi connectivity index (χ4n) is 1.92. The second-order valence-corrected chi connectivity index (χ2v) is 4.14. The molecule has 1 aromatic heterocycles. The highest BCUT2D eigenvalue weighted by molar-refractivity contribution is 5.22. The molecule has 6 N–H and O–H groups in total. The van der Waals surface area contributed by atoms with Crippen LogP contribution in [0.3, 0.4) is 0 Å². The predicted molar refractivity (Wildman–Crippen MR) is 63.5 cm³/mol. The fourth-order valence-corrected chi connectivity index (χ4v) is 1.92. The molecular formula is C10H13N5O4. The first-order chi connectivity index (χ1) is 8.93. The second-order valence-electron chi connectivity index (χ2n) is 4.14. The summed E-state index contributed by atoms with van der Waals surface area (Å²) in [6.45, 7) is -0.497. The van der Waals surface area contributed by atoms with Gasteiger partial charge in [-0.1, -0.05) is 5.92 Å². The van der Waals surface area contributed by atoms with Crippen LogP contribution in [-0.4, -0.2) is 49.1 Å². The van der Waals surface area contributed by atoms with E-state index in [4.69, 9.17) is 27.7 Å². The van der Waals surface area contributed by atoms with Crippen molar-refractivity contribution in [3.05, 3.63) is 16.8 Å². The lowest BCUT2D eigenvalue weighted by Gasteiger charge is -2.27. The minimum atomic E-state index is -1.68. The van der Waals surface area contributed by atoms with E-state index in [1.807, 2.05) is 0 Å². The van der Waals surface area contributed by atoms with Crippen LogP contribution >= 0.6 is 0 Å². The number of hydrogen-bond acceptors (Lipinski definition) is 8. The van der Waals surface area contributed by atoms with E-state index in [1.54, 1.807) is 0 Å². The van der Waals surface area contributed by atoms with E-state index in [0.717, 1.165) is 10.9 Å². The third-order valence-corrected chi connectivity index (χ3v) is 2.98. The minimum Gasteiger partial charge on any atom is -0.394 e. The third kappa shape index (κ3) is 1.96. The SMILES string of the molecule is C#CC1(N)C(O)[C@@H](CO)O[C@H]1n1cnc(N)nc1=O. The maximum absolute atomic E-state index is 11.7. The maximum Gasteiger partial charge on any atom is 0.354 e. The zero-order chi connectivity index (χ0) is 14.2. The first-order valence-corrected chi connectivity index (χ1v) is 5.35. The molecule has 2 unspecified atom stereocenters. The Morgan fingerprint density at radius 3 is 2.89 bits per heavy atom. The number of terminal acetylenes is 1. The van der Waals surface area contributed by atoms with Gasteiger partial charge in [-0.25, -0.2) is 9.78 Å². The monoisotopic (exact) mass is 267 g/mol. The molecule has 1 aliphatic rings. The molecule has 0 bridgehead atoms. The average Bonchev–Trinajstić information content (AvgIpc) is 2.63. The minimum absolute atomic E-state index is 0.207. The molecule has 1 saturated heterocycles. The molecule has 19 heavy (non-hydrogen) atoms. The first-order valence-electron chi connectivity index (χ1n) is 5.35. The summed E-state index contributed by atoms with van der Waals surface area (Å²) in [5.74, 6) is 1.98. The van der Waals surface area contributed by atoms with Crippen LogP contribution in [0.2, 0.25) is 0 Å². The van der Waals surface area contributed by atoms with Crippen molar-refractivity contribution in [1.29, 1.82) is 0 Å². The molecule has 0 radical (unpaired) electrons. The molecule has 102 valence electrons. The van der Waals surface area contributed by atoms with Crippen LogP contribution in [0.4, 0.5) is 5.95 Å². The quantitative estimate of drug-likeness (QED) is 0.409. The van der Waals surface area contributed by atoms with Gasteiger partial charge in [-0.2, -0.15) is 4.98 Å². The van der Waals surface area contributed by atoms with Gasteiger partial charge in [0.25, 0.3) is 0 Å². The third-order valence-electron chi connectivity index (χ3n) is 2.98. The van der Waals surface area contributed by atoms with Crippen molar-refractivity contribution in [3.63, 3.8) is 0 Å². The van der Waals surface area contributed by atoms with E-state index in [2.05, 4.69) is 15.9 Å². The van der Waals surface area contributed by atoms with Crippen LogP contribution in [0.15, 0.2) is 11.1 Å². The summed E-state index contributed by atoms with van der Waals surface area (Å²) in [7, 11) is 0. The van der Waals surface area contributed by atoms with E-state index in [0.29, 0.717) is 0 Å². The van der Waals surface area contributed by atoms with Gasteiger partial charge in [0, 0.05) is 0 Å². The molecule has 4 atom stereocenters. The van der Waals surface area contributed by atoms with Gasteiger partial charge < -0.3 is 26.4 Å². The van der Waals surface area contributed by atoms with Crippen molar-refractivity contribution in [1.82, 2.24) is 14.5 Å². The number of aliphatic hydroxyl groups is 2. The molecule has 2 heterocycles. The van der Waals surface area contributed by atoms with Crippen LogP contribution in [0, 0.1) is 12.3 Å². The lowest BCUT2D eigenvalue weighted by Crippen LogP contribution is -2.54. The smallest absolute Gasteiger partial charge is 0.354 e. The van der Waals surface area contributed by atoms with Crippen molar-refractivity contribution < 1.29 is 14.9 Å². The zero-order valence-electron chi connectivity index (χ0n) is 9.80. The lowest BCUT2D eigenvalue weighted by molar-refractivity contribution is -0.0480. The van der Waals surface area contributed by atoms with Gasteiger partial charge in [0.15, 0.2) is 11.8 Å². The summed E-state index contributed by atoms with van der Waals surface area (Å²) >= 11 is 0. The Morgan fingerprint density at radius 2 is 2.37 bits per heavy atom. The summed E-state index contributed by atoms with van der Waals surface area (Å²) in [5, 5.41) is 19.0. The van der Waals surface area contributed by atoms with Crippen LogP contribution < -0.4 is 17.2 Å². The largest absolute Gasteiger partial charge is 0.394 e. The van der Waals surface area contributed by atoms with Gasteiger partial charge in [0.05, 0.1) is 6.61 Å². The number of ether oxygens (including phenoxy) is 1. The molecule has 0 aliphatic carbocycles. The highest BCUT2D eigenvalue weighted by Gasteiger charge is 2.54. The Kier molecular flexibility index (Phi) is 3.25. The van der Waals surface area contributed by atoms with E-state index in [9.17, 15) is 9.90 Å². The Bertz CT molecular complexity index is 582. The molecule has 1 aliphatic heterocycles. The topological polar surface area (TPSA) is 150 Å². The number of aromatic nitrogens is 3. The van der Waals surface area contributed by atoms with Crippen molar-refractivity contribution >= 4 is 5.95 Å². The highest BCUT2D eigenvalue weighted by atomic mass is 16.5. The molecular weight excluding hydrogens is 254 g/mol. The van der Waals surface area contributed by atoms with Crippen molar-refractivity contribution in [3.8, 4) is 12.3 Å². The number of aliphatic hydroxyl groups excluding tert-OH is 2. The Hall–Kier alpha value is -1.99. The molecule has 0 amide bonds. The number of nitrogens with two attached hydrogens (primary N) is 2. The number of anilines is 1. The maximum atomic E-state index is 11.7. The van der Waals surface area contributed by atoms with Crippen LogP contribution in [0.5, 0.6) is 0 Å². The van der Waals surface area contributed by atoms with E-state index in [-0.39, 0.29) is 5.95 Å². The molecule has 9 heteroatoms. The summed E-state index contributed by atoms with van der Waals surface area (Å²) in [6.07, 6.45) is 2.84. The fraction of sp³-hybridized carbons (Fsp3) is 0.500. The van der Waals surface area contributed by atoms with Gasteiger partial charge in [0.1, 0.15) is 18.5 Å². The second kappa shape index (κ2) is 4.60. The van der Waals surface area contributed by atoms with Crippen LogP contribution in [0.1, 0.15) is 6.23 Å². The van der Waals surface area contributed by atoms with E-state index >= 15 is 0 Å². The van der Waals surface area contributed by atoms with Gasteiger partial charge in [-0.05, 0) is 0 Å². The Labute approximate surface area is 107 Å². The number of nitrogen functional groups attached to an aromatic ring is 1. The van der Waals surface area contributed by atoms with E-state index in [1.165, 1.54) is 0 Å². The molecule has 0 aromatic carbocycles.